The number of hydrogen-bond acceptors (Lipinski definition) is 4. The predicted octanol–water partition coefficient (Wildman–Crippen LogP) is 4.90. The summed E-state index contributed by atoms with van der Waals surface area (Å²) in [5.41, 5.74) is 2.01. The SMILES string of the molecule is CCOC(=O)/C(=C/c1ccc(OCCc2ccc(Cl)cc2)cc1)OCC. The molecule has 4 nitrogen and oxygen atoms in total. The fraction of sp³-hybridized carbons (Fsp3) is 0.286. The minimum absolute atomic E-state index is 0.200. The van der Waals surface area contributed by atoms with Gasteiger partial charge in [0.2, 0.25) is 5.76 Å². The van der Waals surface area contributed by atoms with Crippen molar-refractivity contribution in [2.75, 3.05) is 19.8 Å². The van der Waals surface area contributed by atoms with Gasteiger partial charge in [0.15, 0.2) is 0 Å². The maximum absolute atomic E-state index is 11.9. The highest BCUT2D eigenvalue weighted by Crippen LogP contribution is 2.16. The molecule has 0 amide bonds. The zero-order valence-corrected chi connectivity index (χ0v) is 15.8. The molecule has 0 heterocycles. The Kier molecular flexibility index (Phi) is 8.03. The molecule has 0 fully saturated rings. The smallest absolute Gasteiger partial charge is 0.373 e. The molecule has 0 aliphatic rings. The van der Waals surface area contributed by atoms with Crippen LogP contribution in [0.4, 0.5) is 0 Å². The van der Waals surface area contributed by atoms with E-state index in [-0.39, 0.29) is 5.76 Å². The van der Waals surface area contributed by atoms with Crippen molar-refractivity contribution in [3.05, 3.63) is 70.4 Å². The molecule has 0 N–H and O–H groups in total. The Morgan fingerprint density at radius 2 is 1.62 bits per heavy atom. The van der Waals surface area contributed by atoms with Crippen LogP contribution in [-0.4, -0.2) is 25.8 Å². The van der Waals surface area contributed by atoms with Gasteiger partial charge in [-0.25, -0.2) is 4.79 Å². The Bertz CT molecular complexity index is 721. The lowest BCUT2D eigenvalue weighted by atomic mass is 10.1. The molecule has 0 aliphatic heterocycles. The minimum atomic E-state index is -0.461. The lowest BCUT2D eigenvalue weighted by Gasteiger charge is -2.09. The van der Waals surface area contributed by atoms with Gasteiger partial charge in [-0.1, -0.05) is 35.9 Å². The Balaban J connectivity index is 1.92. The number of ether oxygens (including phenoxy) is 3. The van der Waals surface area contributed by atoms with Gasteiger partial charge in [0.05, 0.1) is 19.8 Å². The summed E-state index contributed by atoms with van der Waals surface area (Å²) >= 11 is 5.88. The van der Waals surface area contributed by atoms with E-state index >= 15 is 0 Å². The van der Waals surface area contributed by atoms with Crippen molar-refractivity contribution in [2.45, 2.75) is 20.3 Å². The lowest BCUT2D eigenvalue weighted by molar-refractivity contribution is -0.142. The van der Waals surface area contributed by atoms with Gasteiger partial charge in [-0.2, -0.15) is 0 Å². The number of halogens is 1. The summed E-state index contributed by atoms with van der Waals surface area (Å²) in [5, 5.41) is 0.729. The lowest BCUT2D eigenvalue weighted by Crippen LogP contribution is -2.10. The van der Waals surface area contributed by atoms with Gasteiger partial charge in [0.1, 0.15) is 5.75 Å². The Labute approximate surface area is 159 Å². The Morgan fingerprint density at radius 1 is 0.962 bits per heavy atom. The zero-order valence-electron chi connectivity index (χ0n) is 15.0. The highest BCUT2D eigenvalue weighted by molar-refractivity contribution is 6.30. The first-order valence-electron chi connectivity index (χ1n) is 8.61. The number of hydrogen-bond donors (Lipinski definition) is 0. The van der Waals surface area contributed by atoms with Crippen LogP contribution in [0.25, 0.3) is 6.08 Å². The molecule has 2 rings (SSSR count). The van der Waals surface area contributed by atoms with Crippen molar-refractivity contribution in [1.82, 2.24) is 0 Å². The van der Waals surface area contributed by atoms with E-state index in [1.165, 1.54) is 5.56 Å². The highest BCUT2D eigenvalue weighted by atomic mass is 35.5. The summed E-state index contributed by atoms with van der Waals surface area (Å²) in [6, 6.07) is 15.2. The molecule has 0 saturated carbocycles. The molecular formula is C21H23ClO4. The van der Waals surface area contributed by atoms with Gasteiger partial charge < -0.3 is 14.2 Å². The van der Waals surface area contributed by atoms with Crippen molar-refractivity contribution in [3.8, 4) is 5.75 Å². The molecule has 0 aliphatic carbocycles. The number of carbonyl (C=O) groups is 1. The van der Waals surface area contributed by atoms with Crippen LogP contribution in [0.5, 0.6) is 5.75 Å². The molecule has 2 aromatic rings. The molecule has 0 atom stereocenters. The maximum Gasteiger partial charge on any atom is 0.373 e. The third-order valence-electron chi connectivity index (χ3n) is 3.53. The van der Waals surface area contributed by atoms with E-state index in [9.17, 15) is 4.79 Å². The molecule has 0 saturated heterocycles. The predicted molar refractivity (Wildman–Crippen MR) is 103 cm³/mol. The van der Waals surface area contributed by atoms with Crippen LogP contribution in [0.1, 0.15) is 25.0 Å². The summed E-state index contributed by atoms with van der Waals surface area (Å²) < 4.78 is 16.1. The average molecular weight is 375 g/mol. The van der Waals surface area contributed by atoms with Gasteiger partial charge in [-0.3, -0.25) is 0 Å². The van der Waals surface area contributed by atoms with Crippen molar-refractivity contribution in [2.24, 2.45) is 0 Å². The largest absolute Gasteiger partial charge is 0.493 e. The second-order valence-electron chi connectivity index (χ2n) is 5.46. The first-order valence-corrected chi connectivity index (χ1v) is 8.99. The third-order valence-corrected chi connectivity index (χ3v) is 3.78. The third kappa shape index (κ3) is 6.45. The summed E-state index contributed by atoms with van der Waals surface area (Å²) in [4.78, 5) is 11.9. The number of benzene rings is 2. The summed E-state index contributed by atoms with van der Waals surface area (Å²) in [5.74, 6) is 0.508. The van der Waals surface area contributed by atoms with Crippen molar-refractivity contribution < 1.29 is 19.0 Å². The van der Waals surface area contributed by atoms with Crippen molar-refractivity contribution >= 4 is 23.6 Å². The van der Waals surface area contributed by atoms with Crippen LogP contribution < -0.4 is 4.74 Å². The van der Waals surface area contributed by atoms with E-state index in [1.807, 2.05) is 55.5 Å². The van der Waals surface area contributed by atoms with Gasteiger partial charge >= 0.3 is 5.97 Å². The van der Waals surface area contributed by atoms with Crippen LogP contribution in [0.3, 0.4) is 0 Å². The second kappa shape index (κ2) is 10.5. The molecule has 0 radical (unpaired) electrons. The molecule has 0 aromatic heterocycles. The van der Waals surface area contributed by atoms with E-state index in [0.29, 0.717) is 19.8 Å². The Hall–Kier alpha value is -2.46. The van der Waals surface area contributed by atoms with Crippen LogP contribution in [-0.2, 0) is 20.7 Å². The van der Waals surface area contributed by atoms with Crippen molar-refractivity contribution in [3.63, 3.8) is 0 Å². The van der Waals surface area contributed by atoms with Crippen molar-refractivity contribution in [1.29, 1.82) is 0 Å². The van der Waals surface area contributed by atoms with Crippen LogP contribution in [0, 0.1) is 0 Å². The fourth-order valence-electron chi connectivity index (χ4n) is 2.27. The molecule has 5 heteroatoms. The van der Waals surface area contributed by atoms with Gasteiger partial charge in [0, 0.05) is 11.4 Å². The molecule has 2 aromatic carbocycles. The van der Waals surface area contributed by atoms with E-state index in [0.717, 1.165) is 22.8 Å². The first-order chi connectivity index (χ1) is 12.6. The molecular weight excluding hydrogens is 352 g/mol. The van der Waals surface area contributed by atoms with E-state index in [4.69, 9.17) is 25.8 Å². The second-order valence-corrected chi connectivity index (χ2v) is 5.89. The van der Waals surface area contributed by atoms with Crippen LogP contribution in [0.15, 0.2) is 54.3 Å². The minimum Gasteiger partial charge on any atom is -0.493 e. The van der Waals surface area contributed by atoms with Crippen LogP contribution >= 0.6 is 11.6 Å². The standard InChI is InChI=1S/C21H23ClO4/c1-3-24-20(21(23)25-4-2)15-17-7-11-19(12-8-17)26-14-13-16-5-9-18(22)10-6-16/h5-12,15H,3-4,13-14H2,1-2H3/b20-15-. The number of esters is 1. The topological polar surface area (TPSA) is 44.8 Å². The summed E-state index contributed by atoms with van der Waals surface area (Å²) in [6.45, 7) is 4.87. The Morgan fingerprint density at radius 3 is 2.23 bits per heavy atom. The van der Waals surface area contributed by atoms with E-state index in [2.05, 4.69) is 0 Å². The highest BCUT2D eigenvalue weighted by Gasteiger charge is 2.11. The van der Waals surface area contributed by atoms with E-state index < -0.39 is 5.97 Å². The van der Waals surface area contributed by atoms with Gasteiger partial charge in [-0.15, -0.1) is 0 Å². The first kappa shape index (κ1) is 19.9. The summed E-state index contributed by atoms with van der Waals surface area (Å²) in [6.07, 6.45) is 2.47. The molecule has 138 valence electrons. The molecule has 26 heavy (non-hydrogen) atoms. The maximum atomic E-state index is 11.9. The monoisotopic (exact) mass is 374 g/mol. The quantitative estimate of drug-likeness (QED) is 0.355. The average Bonchev–Trinajstić information content (AvgIpc) is 2.64. The summed E-state index contributed by atoms with van der Waals surface area (Å²) in [7, 11) is 0. The fourth-order valence-corrected chi connectivity index (χ4v) is 2.39. The number of rotatable bonds is 9. The van der Waals surface area contributed by atoms with Gasteiger partial charge in [-0.05, 0) is 55.3 Å². The molecule has 0 unspecified atom stereocenters. The molecule has 0 bridgehead atoms. The van der Waals surface area contributed by atoms with E-state index in [1.54, 1.807) is 13.0 Å². The normalized spacial score (nSPS) is 11.1. The number of carbonyl (C=O) groups excluding carboxylic acids is 1. The molecule has 0 spiro atoms. The van der Waals surface area contributed by atoms with Gasteiger partial charge in [0.25, 0.3) is 0 Å². The van der Waals surface area contributed by atoms with Crippen LogP contribution in [0.2, 0.25) is 5.02 Å². The zero-order chi connectivity index (χ0) is 18.8.